The molecule has 0 fully saturated rings. The Morgan fingerprint density at radius 1 is 1.00 bits per heavy atom. The third kappa shape index (κ3) is 5.33. The fraction of sp³-hybridized carbons (Fsp3) is 0.364. The summed E-state index contributed by atoms with van der Waals surface area (Å²) in [5.41, 5.74) is 1.31. The molecule has 0 aliphatic carbocycles. The van der Waals surface area contributed by atoms with Gasteiger partial charge < -0.3 is 14.8 Å². The fourth-order valence-electron chi connectivity index (χ4n) is 3.03. The van der Waals surface area contributed by atoms with Gasteiger partial charge in [-0.15, -0.1) is 0 Å². The first-order valence-corrected chi connectivity index (χ1v) is 9.14. The lowest BCUT2D eigenvalue weighted by Gasteiger charge is -2.29. The minimum atomic E-state index is -0.786. The molecule has 0 saturated heterocycles. The molecule has 27 heavy (non-hydrogen) atoms. The number of hydrogen-bond donors (Lipinski definition) is 1. The van der Waals surface area contributed by atoms with Crippen molar-refractivity contribution in [2.45, 2.75) is 26.8 Å². The summed E-state index contributed by atoms with van der Waals surface area (Å²) in [6.07, 6.45) is 0. The molecule has 2 rings (SSSR count). The second-order valence-electron chi connectivity index (χ2n) is 6.60. The van der Waals surface area contributed by atoms with Crippen LogP contribution in [-0.4, -0.2) is 31.5 Å². The van der Waals surface area contributed by atoms with Crippen LogP contribution in [0.15, 0.2) is 54.6 Å². The third-order valence-corrected chi connectivity index (χ3v) is 4.39. The lowest BCUT2D eigenvalue weighted by Crippen LogP contribution is -2.44. The minimum absolute atomic E-state index is 0.0575. The van der Waals surface area contributed by atoms with Crippen LogP contribution >= 0.6 is 0 Å². The molecule has 0 radical (unpaired) electrons. The quantitative estimate of drug-likeness (QED) is 0.530. The zero-order chi connectivity index (χ0) is 19.8. The van der Waals surface area contributed by atoms with Gasteiger partial charge in [-0.3, -0.25) is 4.79 Å². The van der Waals surface area contributed by atoms with Gasteiger partial charge in [0, 0.05) is 11.3 Å². The molecule has 1 N–H and O–H groups in total. The first-order chi connectivity index (χ1) is 13.0. The number of carbonyl (C=O) groups excluding carboxylic acids is 2. The van der Waals surface area contributed by atoms with Crippen molar-refractivity contribution in [3.05, 3.63) is 60.2 Å². The molecule has 0 spiro atoms. The molecule has 2 aromatic rings. The lowest BCUT2D eigenvalue weighted by atomic mass is 9.82. The number of Topliss-reactive ketones (excluding diaryl/α,β-unsaturated/α-hetero) is 1. The summed E-state index contributed by atoms with van der Waals surface area (Å²) in [6.45, 7) is 5.89. The van der Waals surface area contributed by atoms with Crippen molar-refractivity contribution in [3.8, 4) is 5.75 Å². The van der Waals surface area contributed by atoms with E-state index in [2.05, 4.69) is 5.32 Å². The SMILES string of the molecule is CCOC(=O)C(Nc1ccc(OC)cc1)C(C(=O)c1ccccc1)C(C)C. The van der Waals surface area contributed by atoms with Crippen LogP contribution in [0.3, 0.4) is 0 Å². The van der Waals surface area contributed by atoms with Gasteiger partial charge in [0.2, 0.25) is 0 Å². The fourth-order valence-corrected chi connectivity index (χ4v) is 3.03. The number of rotatable bonds is 9. The Hall–Kier alpha value is -2.82. The van der Waals surface area contributed by atoms with Gasteiger partial charge in [-0.2, -0.15) is 0 Å². The number of hydrogen-bond acceptors (Lipinski definition) is 5. The highest BCUT2D eigenvalue weighted by Gasteiger charge is 2.37. The van der Waals surface area contributed by atoms with E-state index in [0.717, 1.165) is 5.69 Å². The number of carbonyl (C=O) groups is 2. The summed E-state index contributed by atoms with van der Waals surface area (Å²) in [4.78, 5) is 25.9. The monoisotopic (exact) mass is 369 g/mol. The smallest absolute Gasteiger partial charge is 0.329 e. The maximum Gasteiger partial charge on any atom is 0.329 e. The molecule has 0 saturated carbocycles. The number of anilines is 1. The van der Waals surface area contributed by atoms with Crippen molar-refractivity contribution in [3.63, 3.8) is 0 Å². The Balaban J connectivity index is 2.35. The molecule has 0 bridgehead atoms. The van der Waals surface area contributed by atoms with E-state index in [1.54, 1.807) is 38.3 Å². The summed E-state index contributed by atoms with van der Waals surface area (Å²) in [5.74, 6) is -0.415. The van der Waals surface area contributed by atoms with E-state index in [0.29, 0.717) is 11.3 Å². The van der Waals surface area contributed by atoms with Crippen LogP contribution in [0.4, 0.5) is 5.69 Å². The van der Waals surface area contributed by atoms with Crippen LogP contribution in [0.5, 0.6) is 5.75 Å². The van der Waals surface area contributed by atoms with E-state index >= 15 is 0 Å². The zero-order valence-electron chi connectivity index (χ0n) is 16.3. The van der Waals surface area contributed by atoms with E-state index in [4.69, 9.17) is 9.47 Å². The summed E-state index contributed by atoms with van der Waals surface area (Å²) in [5, 5.41) is 3.20. The van der Waals surface area contributed by atoms with Crippen LogP contribution in [0, 0.1) is 11.8 Å². The third-order valence-electron chi connectivity index (χ3n) is 4.39. The number of ketones is 1. The molecule has 144 valence electrons. The van der Waals surface area contributed by atoms with Crippen LogP contribution < -0.4 is 10.1 Å². The number of benzene rings is 2. The highest BCUT2D eigenvalue weighted by Crippen LogP contribution is 2.26. The molecule has 5 heteroatoms. The summed E-state index contributed by atoms with van der Waals surface area (Å²) < 4.78 is 10.4. The second-order valence-corrected chi connectivity index (χ2v) is 6.60. The maximum atomic E-state index is 13.2. The highest BCUT2D eigenvalue weighted by atomic mass is 16.5. The number of methoxy groups -OCH3 is 1. The van der Waals surface area contributed by atoms with E-state index in [-0.39, 0.29) is 18.3 Å². The van der Waals surface area contributed by atoms with Gasteiger partial charge in [0.1, 0.15) is 11.8 Å². The van der Waals surface area contributed by atoms with E-state index < -0.39 is 17.9 Å². The van der Waals surface area contributed by atoms with E-state index in [9.17, 15) is 9.59 Å². The normalized spacial score (nSPS) is 12.9. The first kappa shape index (κ1) is 20.5. The Bertz CT molecular complexity index is 741. The summed E-state index contributed by atoms with van der Waals surface area (Å²) in [7, 11) is 1.59. The summed E-state index contributed by atoms with van der Waals surface area (Å²) in [6, 6.07) is 15.5. The maximum absolute atomic E-state index is 13.2. The molecule has 2 aromatic carbocycles. The molecular formula is C22H27NO4. The van der Waals surface area contributed by atoms with Crippen molar-refractivity contribution >= 4 is 17.4 Å². The molecule has 5 nitrogen and oxygen atoms in total. The predicted octanol–water partition coefficient (Wildman–Crippen LogP) is 4.19. The Labute approximate surface area is 160 Å². The van der Waals surface area contributed by atoms with Gasteiger partial charge in [-0.25, -0.2) is 4.79 Å². The van der Waals surface area contributed by atoms with Crippen molar-refractivity contribution in [2.24, 2.45) is 11.8 Å². The molecule has 0 aliphatic heterocycles. The molecule has 0 aliphatic rings. The van der Waals surface area contributed by atoms with Crippen LogP contribution in [0.2, 0.25) is 0 Å². The highest BCUT2D eigenvalue weighted by molar-refractivity contribution is 6.01. The Kier molecular flexibility index (Phi) is 7.41. The van der Waals surface area contributed by atoms with Crippen LogP contribution in [0.1, 0.15) is 31.1 Å². The van der Waals surface area contributed by atoms with Gasteiger partial charge in [0.25, 0.3) is 0 Å². The van der Waals surface area contributed by atoms with Gasteiger partial charge in [-0.05, 0) is 37.1 Å². The number of esters is 1. The van der Waals surface area contributed by atoms with E-state index in [1.165, 1.54) is 0 Å². The largest absolute Gasteiger partial charge is 0.497 e. The first-order valence-electron chi connectivity index (χ1n) is 9.14. The number of ether oxygens (including phenoxy) is 2. The van der Waals surface area contributed by atoms with Gasteiger partial charge in [-0.1, -0.05) is 44.2 Å². The van der Waals surface area contributed by atoms with Gasteiger partial charge in [0.15, 0.2) is 5.78 Å². The molecule has 0 amide bonds. The minimum Gasteiger partial charge on any atom is -0.497 e. The topological polar surface area (TPSA) is 64.6 Å². The predicted molar refractivity (Wildman–Crippen MR) is 106 cm³/mol. The molecule has 0 aromatic heterocycles. The Morgan fingerprint density at radius 3 is 2.15 bits per heavy atom. The van der Waals surface area contributed by atoms with Crippen molar-refractivity contribution in [1.82, 2.24) is 0 Å². The molecule has 2 unspecified atom stereocenters. The second kappa shape index (κ2) is 9.76. The lowest BCUT2D eigenvalue weighted by molar-refractivity contribution is -0.145. The zero-order valence-corrected chi connectivity index (χ0v) is 16.3. The average molecular weight is 369 g/mol. The standard InChI is InChI=1S/C22H27NO4/c1-5-27-22(25)20(23-17-11-13-18(26-4)14-12-17)19(15(2)3)21(24)16-9-7-6-8-10-16/h6-15,19-20,23H,5H2,1-4H3. The molecule has 0 heterocycles. The Morgan fingerprint density at radius 2 is 1.63 bits per heavy atom. The van der Waals surface area contributed by atoms with Gasteiger partial charge >= 0.3 is 5.97 Å². The summed E-state index contributed by atoms with van der Waals surface area (Å²) >= 11 is 0. The average Bonchev–Trinajstić information content (AvgIpc) is 2.68. The van der Waals surface area contributed by atoms with Crippen LogP contribution in [0.25, 0.3) is 0 Å². The van der Waals surface area contributed by atoms with E-state index in [1.807, 2.05) is 44.2 Å². The van der Waals surface area contributed by atoms with Crippen molar-refractivity contribution < 1.29 is 19.1 Å². The van der Waals surface area contributed by atoms with Crippen LogP contribution in [-0.2, 0) is 9.53 Å². The van der Waals surface area contributed by atoms with Crippen molar-refractivity contribution in [2.75, 3.05) is 19.0 Å². The van der Waals surface area contributed by atoms with Crippen molar-refractivity contribution in [1.29, 1.82) is 0 Å². The van der Waals surface area contributed by atoms with Gasteiger partial charge in [0.05, 0.1) is 19.6 Å². The molecular weight excluding hydrogens is 342 g/mol. The number of nitrogens with one attached hydrogen (secondary N) is 1. The molecule has 2 atom stereocenters.